The van der Waals surface area contributed by atoms with E-state index in [1.165, 1.54) is 16.7 Å². The molecule has 1 aliphatic rings. The molecule has 1 heterocycles. The minimum atomic E-state index is -0.233. The largest absolute Gasteiger partial charge is 0.369 e. The van der Waals surface area contributed by atoms with Gasteiger partial charge in [0.1, 0.15) is 0 Å². The molecule has 3 nitrogen and oxygen atoms in total. The summed E-state index contributed by atoms with van der Waals surface area (Å²) in [6, 6.07) is 16.8. The highest BCUT2D eigenvalue weighted by Crippen LogP contribution is 2.38. The van der Waals surface area contributed by atoms with Gasteiger partial charge in [0.25, 0.3) is 0 Å². The van der Waals surface area contributed by atoms with Gasteiger partial charge in [0.05, 0.1) is 12.1 Å². The number of anilines is 1. The Morgan fingerprint density at radius 1 is 1.10 bits per heavy atom. The van der Waals surface area contributed by atoms with E-state index < -0.39 is 0 Å². The topological polar surface area (TPSA) is 41.6 Å². The Labute approximate surface area is 126 Å². The highest BCUT2D eigenvalue weighted by atomic mass is 15.4. The van der Waals surface area contributed by atoms with Crippen molar-refractivity contribution in [2.24, 2.45) is 10.7 Å². The first-order valence-electron chi connectivity index (χ1n) is 7.25. The van der Waals surface area contributed by atoms with Gasteiger partial charge in [-0.3, -0.25) is 4.99 Å². The highest BCUT2D eigenvalue weighted by molar-refractivity contribution is 5.98. The lowest BCUT2D eigenvalue weighted by molar-refractivity contribution is 0.529. The van der Waals surface area contributed by atoms with Crippen LogP contribution in [-0.4, -0.2) is 12.5 Å². The van der Waals surface area contributed by atoms with Crippen molar-refractivity contribution in [2.75, 3.05) is 11.4 Å². The molecular weight excluding hydrogens is 258 g/mol. The van der Waals surface area contributed by atoms with Crippen LogP contribution in [0.5, 0.6) is 0 Å². The van der Waals surface area contributed by atoms with Gasteiger partial charge in [-0.05, 0) is 44.0 Å². The SMILES string of the molecule is Cc1ccc(C2(C)CN=C(N)N2c2ccccc2)c(C)c1. The van der Waals surface area contributed by atoms with Gasteiger partial charge in [-0.15, -0.1) is 0 Å². The van der Waals surface area contributed by atoms with Crippen molar-refractivity contribution in [3.63, 3.8) is 0 Å². The summed E-state index contributed by atoms with van der Waals surface area (Å²) < 4.78 is 0. The summed E-state index contributed by atoms with van der Waals surface area (Å²) in [6.07, 6.45) is 0. The molecule has 1 aliphatic heterocycles. The second-order valence-corrected chi connectivity index (χ2v) is 5.94. The smallest absolute Gasteiger partial charge is 0.196 e. The number of guanidine groups is 1. The van der Waals surface area contributed by atoms with E-state index in [1.807, 2.05) is 18.2 Å². The molecule has 3 rings (SSSR count). The lowest BCUT2D eigenvalue weighted by Crippen LogP contribution is -2.48. The number of rotatable bonds is 2. The third kappa shape index (κ3) is 2.19. The Balaban J connectivity index is 2.11. The van der Waals surface area contributed by atoms with E-state index in [0.29, 0.717) is 12.5 Å². The molecule has 0 amide bonds. The number of hydrogen-bond acceptors (Lipinski definition) is 3. The van der Waals surface area contributed by atoms with E-state index in [9.17, 15) is 0 Å². The fourth-order valence-corrected chi connectivity index (χ4v) is 3.25. The summed E-state index contributed by atoms with van der Waals surface area (Å²) >= 11 is 0. The van der Waals surface area contributed by atoms with Gasteiger partial charge in [0.15, 0.2) is 5.96 Å². The number of aliphatic imine (C=N–C) groups is 1. The molecule has 0 spiro atoms. The first kappa shape index (κ1) is 13.7. The van der Waals surface area contributed by atoms with Gasteiger partial charge in [0, 0.05) is 5.69 Å². The third-order valence-electron chi connectivity index (χ3n) is 4.25. The lowest BCUT2D eigenvalue weighted by Gasteiger charge is -2.37. The Morgan fingerprint density at radius 2 is 1.81 bits per heavy atom. The van der Waals surface area contributed by atoms with E-state index in [1.54, 1.807) is 0 Å². The number of aryl methyl sites for hydroxylation is 2. The summed E-state index contributed by atoms with van der Waals surface area (Å²) in [5.41, 5.74) is 10.9. The molecule has 1 atom stereocenters. The first-order valence-corrected chi connectivity index (χ1v) is 7.25. The monoisotopic (exact) mass is 279 g/mol. The van der Waals surface area contributed by atoms with Gasteiger partial charge in [-0.1, -0.05) is 42.0 Å². The minimum absolute atomic E-state index is 0.233. The van der Waals surface area contributed by atoms with Crippen LogP contribution >= 0.6 is 0 Å². The van der Waals surface area contributed by atoms with Crippen LogP contribution < -0.4 is 10.6 Å². The molecule has 2 N–H and O–H groups in total. The van der Waals surface area contributed by atoms with Gasteiger partial charge in [-0.2, -0.15) is 0 Å². The fraction of sp³-hybridized carbons (Fsp3) is 0.278. The molecule has 0 fully saturated rings. The van der Waals surface area contributed by atoms with Crippen LogP contribution in [0.2, 0.25) is 0 Å². The summed E-state index contributed by atoms with van der Waals surface area (Å²) in [5, 5.41) is 0. The second kappa shape index (κ2) is 4.92. The quantitative estimate of drug-likeness (QED) is 0.916. The van der Waals surface area contributed by atoms with Crippen LogP contribution in [0.3, 0.4) is 0 Å². The second-order valence-electron chi connectivity index (χ2n) is 5.94. The van der Waals surface area contributed by atoms with E-state index in [2.05, 4.69) is 61.0 Å². The van der Waals surface area contributed by atoms with Crippen LogP contribution in [0.25, 0.3) is 0 Å². The Kier molecular flexibility index (Phi) is 3.20. The molecule has 0 saturated carbocycles. The predicted octanol–water partition coefficient (Wildman–Crippen LogP) is 3.35. The zero-order valence-electron chi connectivity index (χ0n) is 12.8. The predicted molar refractivity (Wildman–Crippen MR) is 88.7 cm³/mol. The van der Waals surface area contributed by atoms with Gasteiger partial charge >= 0.3 is 0 Å². The molecular formula is C18H21N3. The molecule has 0 aromatic heterocycles. The highest BCUT2D eigenvalue weighted by Gasteiger charge is 2.41. The van der Waals surface area contributed by atoms with Crippen LogP contribution in [0, 0.1) is 13.8 Å². The molecule has 3 heteroatoms. The average molecular weight is 279 g/mol. The van der Waals surface area contributed by atoms with Crippen molar-refractivity contribution < 1.29 is 0 Å². The summed E-state index contributed by atoms with van der Waals surface area (Å²) in [6.45, 7) is 7.16. The summed E-state index contributed by atoms with van der Waals surface area (Å²) in [4.78, 5) is 6.65. The molecule has 0 bridgehead atoms. The lowest BCUT2D eigenvalue weighted by atomic mass is 9.86. The van der Waals surface area contributed by atoms with Crippen molar-refractivity contribution in [3.05, 3.63) is 65.2 Å². The van der Waals surface area contributed by atoms with Crippen LogP contribution in [0.15, 0.2) is 53.5 Å². The molecule has 1 unspecified atom stereocenters. The van der Waals surface area contributed by atoms with Crippen molar-refractivity contribution in [2.45, 2.75) is 26.3 Å². The maximum atomic E-state index is 6.18. The van der Waals surface area contributed by atoms with Gasteiger partial charge in [0.2, 0.25) is 0 Å². The minimum Gasteiger partial charge on any atom is -0.369 e. The number of nitrogens with two attached hydrogens (primary N) is 1. The molecule has 2 aromatic carbocycles. The van der Waals surface area contributed by atoms with E-state index in [0.717, 1.165) is 5.69 Å². The molecule has 0 radical (unpaired) electrons. The van der Waals surface area contributed by atoms with E-state index in [-0.39, 0.29) is 5.54 Å². The number of nitrogens with zero attached hydrogens (tertiary/aromatic N) is 2. The number of para-hydroxylation sites is 1. The van der Waals surface area contributed by atoms with E-state index >= 15 is 0 Å². The fourth-order valence-electron chi connectivity index (χ4n) is 3.25. The Morgan fingerprint density at radius 3 is 2.48 bits per heavy atom. The Bertz CT molecular complexity index is 691. The van der Waals surface area contributed by atoms with Gasteiger partial charge < -0.3 is 10.6 Å². The van der Waals surface area contributed by atoms with Crippen LogP contribution in [0.1, 0.15) is 23.6 Å². The normalized spacial score (nSPS) is 21.5. The summed E-state index contributed by atoms with van der Waals surface area (Å²) in [7, 11) is 0. The zero-order valence-corrected chi connectivity index (χ0v) is 12.8. The maximum absolute atomic E-state index is 6.18. The molecule has 108 valence electrons. The number of benzene rings is 2. The maximum Gasteiger partial charge on any atom is 0.196 e. The Hall–Kier alpha value is -2.29. The molecule has 0 aliphatic carbocycles. The van der Waals surface area contributed by atoms with Crippen molar-refractivity contribution in [3.8, 4) is 0 Å². The molecule has 21 heavy (non-hydrogen) atoms. The molecule has 0 saturated heterocycles. The zero-order chi connectivity index (χ0) is 15.0. The van der Waals surface area contributed by atoms with Crippen molar-refractivity contribution >= 4 is 11.6 Å². The number of hydrogen-bond donors (Lipinski definition) is 1. The average Bonchev–Trinajstić information content (AvgIpc) is 2.76. The van der Waals surface area contributed by atoms with Gasteiger partial charge in [-0.25, -0.2) is 0 Å². The van der Waals surface area contributed by atoms with Crippen LogP contribution in [0.4, 0.5) is 5.69 Å². The molecule has 2 aromatic rings. The third-order valence-corrected chi connectivity index (χ3v) is 4.25. The standard InChI is InChI=1S/C18H21N3/c1-13-9-10-16(14(2)11-13)18(3)12-20-17(19)21(18)15-7-5-4-6-8-15/h4-11H,12H2,1-3H3,(H2,19,20). The van der Waals surface area contributed by atoms with Crippen molar-refractivity contribution in [1.82, 2.24) is 0 Å². The van der Waals surface area contributed by atoms with Crippen molar-refractivity contribution in [1.29, 1.82) is 0 Å². The van der Waals surface area contributed by atoms with E-state index in [4.69, 9.17) is 5.73 Å². The summed E-state index contributed by atoms with van der Waals surface area (Å²) in [5.74, 6) is 0.587. The first-order chi connectivity index (χ1) is 10.0. The van der Waals surface area contributed by atoms with Crippen LogP contribution in [-0.2, 0) is 5.54 Å².